The predicted octanol–water partition coefficient (Wildman–Crippen LogP) is 5.15. The van der Waals surface area contributed by atoms with Crippen molar-refractivity contribution in [2.24, 2.45) is 0 Å². The third-order valence-corrected chi connectivity index (χ3v) is 3.49. The summed E-state index contributed by atoms with van der Waals surface area (Å²) >= 11 is 6.52. The van der Waals surface area contributed by atoms with E-state index in [2.05, 4.69) is 37.9 Å². The number of hydrogen-bond donors (Lipinski definition) is 0. The summed E-state index contributed by atoms with van der Waals surface area (Å²) in [6.45, 7) is 0. The molecule has 0 aromatic heterocycles. The van der Waals surface area contributed by atoms with E-state index in [1.54, 1.807) is 18.2 Å². The van der Waals surface area contributed by atoms with E-state index in [0.717, 1.165) is 5.56 Å². The molecule has 0 unspecified atom stereocenters. The molecule has 0 saturated heterocycles. The van der Waals surface area contributed by atoms with Gasteiger partial charge in [0, 0.05) is 15.9 Å². The van der Waals surface area contributed by atoms with E-state index in [1.165, 1.54) is 12.1 Å². The van der Waals surface area contributed by atoms with Crippen LogP contribution in [0, 0.1) is 17.1 Å². The number of hydrogen-bond acceptors (Lipinski definition) is 2. The third kappa shape index (κ3) is 3.55. The number of benzene rings is 2. The number of alkyl halides is 1. The Balaban J connectivity index is 2.35. The van der Waals surface area contributed by atoms with Crippen molar-refractivity contribution in [3.63, 3.8) is 0 Å². The van der Waals surface area contributed by atoms with Gasteiger partial charge in [-0.1, -0.05) is 37.9 Å². The molecule has 0 radical (unpaired) electrons. The highest BCUT2D eigenvalue weighted by Crippen LogP contribution is 2.29. The van der Waals surface area contributed by atoms with Crippen LogP contribution in [0.1, 0.15) is 11.1 Å². The van der Waals surface area contributed by atoms with Crippen LogP contribution in [0.4, 0.5) is 4.39 Å². The predicted molar refractivity (Wildman–Crippen MR) is 78.0 cm³/mol. The van der Waals surface area contributed by atoms with Crippen molar-refractivity contribution >= 4 is 31.9 Å². The third-order valence-electron chi connectivity index (χ3n) is 2.38. The second kappa shape index (κ2) is 6.18. The monoisotopic (exact) mass is 383 g/mol. The summed E-state index contributed by atoms with van der Waals surface area (Å²) < 4.78 is 19.4. The zero-order valence-corrected chi connectivity index (χ0v) is 12.8. The van der Waals surface area contributed by atoms with E-state index in [4.69, 9.17) is 10.00 Å². The Kier molecular flexibility index (Phi) is 4.56. The van der Waals surface area contributed by atoms with E-state index in [0.29, 0.717) is 26.9 Å². The molecule has 0 aliphatic rings. The van der Waals surface area contributed by atoms with Gasteiger partial charge in [-0.15, -0.1) is 0 Å². The highest BCUT2D eigenvalue weighted by molar-refractivity contribution is 9.10. The van der Waals surface area contributed by atoms with Crippen LogP contribution >= 0.6 is 31.9 Å². The fraction of sp³-hybridized carbons (Fsp3) is 0.0714. The normalized spacial score (nSPS) is 10.0. The Labute approximate surface area is 127 Å². The molecular weight excluding hydrogens is 377 g/mol. The van der Waals surface area contributed by atoms with Crippen molar-refractivity contribution in [1.29, 1.82) is 5.26 Å². The molecule has 0 bridgehead atoms. The van der Waals surface area contributed by atoms with E-state index >= 15 is 0 Å². The smallest absolute Gasteiger partial charge is 0.145 e. The summed E-state index contributed by atoms with van der Waals surface area (Å²) in [5.74, 6) is 0.347. The van der Waals surface area contributed by atoms with Crippen LogP contribution in [-0.2, 0) is 5.33 Å². The van der Waals surface area contributed by atoms with Crippen LogP contribution in [0.5, 0.6) is 11.5 Å². The minimum atomic E-state index is -0.403. The number of rotatable bonds is 3. The highest BCUT2D eigenvalue weighted by atomic mass is 79.9. The molecule has 0 atom stereocenters. The first-order valence-corrected chi connectivity index (χ1v) is 7.27. The van der Waals surface area contributed by atoms with Gasteiger partial charge in [0.05, 0.1) is 5.56 Å². The van der Waals surface area contributed by atoms with Gasteiger partial charge in [-0.25, -0.2) is 4.39 Å². The molecular formula is C14H8Br2FNO. The molecule has 2 aromatic rings. The fourth-order valence-electron chi connectivity index (χ4n) is 1.55. The van der Waals surface area contributed by atoms with Crippen molar-refractivity contribution in [2.45, 2.75) is 5.33 Å². The lowest BCUT2D eigenvalue weighted by molar-refractivity contribution is 0.474. The first-order valence-electron chi connectivity index (χ1n) is 5.35. The second-order valence-corrected chi connectivity index (χ2v) is 5.26. The summed E-state index contributed by atoms with van der Waals surface area (Å²) in [7, 11) is 0. The quantitative estimate of drug-likeness (QED) is 0.685. The van der Waals surface area contributed by atoms with Gasteiger partial charge < -0.3 is 4.74 Å². The molecule has 0 aliphatic heterocycles. The topological polar surface area (TPSA) is 33.0 Å². The van der Waals surface area contributed by atoms with E-state index in [1.807, 2.05) is 6.07 Å². The zero-order valence-electron chi connectivity index (χ0n) is 9.66. The molecule has 0 heterocycles. The van der Waals surface area contributed by atoms with E-state index in [-0.39, 0.29) is 0 Å². The average molecular weight is 385 g/mol. The molecule has 0 amide bonds. The lowest BCUT2D eigenvalue weighted by Gasteiger charge is -2.09. The Morgan fingerprint density at radius 2 is 2.00 bits per heavy atom. The van der Waals surface area contributed by atoms with Crippen LogP contribution in [0.25, 0.3) is 0 Å². The highest BCUT2D eigenvalue weighted by Gasteiger charge is 2.07. The van der Waals surface area contributed by atoms with Gasteiger partial charge in [-0.3, -0.25) is 0 Å². The van der Waals surface area contributed by atoms with Crippen molar-refractivity contribution in [3.8, 4) is 17.6 Å². The standard InChI is InChI=1S/C14H8Br2FNO/c15-7-9-1-2-14(10(3-9)8-18)19-13-5-11(16)4-12(17)6-13/h1-6H,7H2. The molecule has 0 spiro atoms. The molecule has 2 nitrogen and oxygen atoms in total. The molecule has 2 rings (SSSR count). The van der Waals surface area contributed by atoms with Gasteiger partial charge in [0.25, 0.3) is 0 Å². The Bertz CT molecular complexity index is 632. The molecule has 0 saturated carbocycles. The van der Waals surface area contributed by atoms with Gasteiger partial charge >= 0.3 is 0 Å². The maximum Gasteiger partial charge on any atom is 0.145 e. The first-order chi connectivity index (χ1) is 9.12. The zero-order chi connectivity index (χ0) is 13.8. The minimum Gasteiger partial charge on any atom is -0.456 e. The number of halogens is 3. The average Bonchev–Trinajstić information content (AvgIpc) is 2.38. The van der Waals surface area contributed by atoms with Gasteiger partial charge in [0.15, 0.2) is 0 Å². The molecule has 0 fully saturated rings. The van der Waals surface area contributed by atoms with Gasteiger partial charge in [0.2, 0.25) is 0 Å². The maximum atomic E-state index is 13.3. The van der Waals surface area contributed by atoms with Gasteiger partial charge in [0.1, 0.15) is 23.4 Å². The first kappa shape index (κ1) is 14.0. The lowest BCUT2D eigenvalue weighted by Crippen LogP contribution is -1.91. The lowest BCUT2D eigenvalue weighted by atomic mass is 10.1. The Morgan fingerprint density at radius 1 is 1.21 bits per heavy atom. The molecule has 0 aliphatic carbocycles. The van der Waals surface area contributed by atoms with Crippen LogP contribution in [0.2, 0.25) is 0 Å². The summed E-state index contributed by atoms with van der Waals surface area (Å²) in [5.41, 5.74) is 1.39. The maximum absolute atomic E-state index is 13.3. The minimum absolute atomic E-state index is 0.343. The SMILES string of the molecule is N#Cc1cc(CBr)ccc1Oc1cc(F)cc(Br)c1. The molecule has 0 N–H and O–H groups in total. The number of ether oxygens (including phenoxy) is 1. The summed E-state index contributed by atoms with van der Waals surface area (Å²) in [6, 6.07) is 11.6. The van der Waals surface area contributed by atoms with Crippen molar-refractivity contribution in [2.75, 3.05) is 0 Å². The van der Waals surface area contributed by atoms with Gasteiger partial charge in [-0.2, -0.15) is 5.26 Å². The van der Waals surface area contributed by atoms with Crippen LogP contribution in [-0.4, -0.2) is 0 Å². The summed E-state index contributed by atoms with van der Waals surface area (Å²) in [6.07, 6.45) is 0. The second-order valence-electron chi connectivity index (χ2n) is 3.78. The van der Waals surface area contributed by atoms with E-state index in [9.17, 15) is 4.39 Å². The van der Waals surface area contributed by atoms with Crippen LogP contribution in [0.15, 0.2) is 40.9 Å². The molecule has 2 aromatic carbocycles. The summed E-state index contributed by atoms with van der Waals surface area (Å²) in [5, 5.41) is 9.76. The molecule has 5 heteroatoms. The van der Waals surface area contributed by atoms with Gasteiger partial charge in [-0.05, 0) is 29.8 Å². The molecule has 96 valence electrons. The number of nitriles is 1. The largest absolute Gasteiger partial charge is 0.456 e. The molecule has 19 heavy (non-hydrogen) atoms. The van der Waals surface area contributed by atoms with E-state index < -0.39 is 5.82 Å². The van der Waals surface area contributed by atoms with Crippen molar-refractivity contribution in [1.82, 2.24) is 0 Å². The Morgan fingerprint density at radius 3 is 2.63 bits per heavy atom. The van der Waals surface area contributed by atoms with Crippen molar-refractivity contribution in [3.05, 3.63) is 57.8 Å². The van der Waals surface area contributed by atoms with Crippen LogP contribution < -0.4 is 4.74 Å². The van der Waals surface area contributed by atoms with Crippen LogP contribution in [0.3, 0.4) is 0 Å². The Hall–Kier alpha value is -1.38. The number of nitrogens with zero attached hydrogens (tertiary/aromatic N) is 1. The van der Waals surface area contributed by atoms with Crippen molar-refractivity contribution < 1.29 is 9.13 Å². The summed E-state index contributed by atoms with van der Waals surface area (Å²) in [4.78, 5) is 0. The fourth-order valence-corrected chi connectivity index (χ4v) is 2.34.